The first-order valence-corrected chi connectivity index (χ1v) is 13.4. The second-order valence-corrected chi connectivity index (χ2v) is 17.0. The first kappa shape index (κ1) is 11.7. The van der Waals surface area contributed by atoms with Gasteiger partial charge in [-0.1, -0.05) is 0 Å². The Labute approximate surface area is 98.8 Å². The summed E-state index contributed by atoms with van der Waals surface area (Å²) in [5.74, 6) is 7.04. The molecule has 2 rings (SSSR count). The van der Waals surface area contributed by atoms with Crippen molar-refractivity contribution in [1.82, 2.24) is 0 Å². The second-order valence-electron chi connectivity index (χ2n) is 5.56. The summed E-state index contributed by atoms with van der Waals surface area (Å²) in [6.45, 7) is 0. The molecule has 0 atom stereocenters. The van der Waals surface area contributed by atoms with E-state index in [2.05, 4.69) is 35.5 Å². The quantitative estimate of drug-likeness (QED) is 0.714. The predicted octanol–water partition coefficient (Wildman–Crippen LogP) is 4.40. The van der Waals surface area contributed by atoms with Gasteiger partial charge in [0.05, 0.1) is 0 Å². The number of hydrogen-bond donors (Lipinski definition) is 0. The van der Waals surface area contributed by atoms with Crippen LogP contribution in [-0.2, 0) is 5.25 Å². The summed E-state index contributed by atoms with van der Waals surface area (Å²) in [6, 6.07) is 11.4. The number of halogens is 1. The summed E-state index contributed by atoms with van der Waals surface area (Å²) in [5, 5.41) is 3.34. The summed E-state index contributed by atoms with van der Waals surface area (Å²) in [7, 11) is 0. The Kier molecular flexibility index (Phi) is 3.07. The molecule has 0 amide bonds. The van der Waals surface area contributed by atoms with E-state index < -0.39 is 13.3 Å². The van der Waals surface area contributed by atoms with Gasteiger partial charge in [-0.05, 0) is 0 Å². The maximum atomic E-state index is 13.1. The molecule has 0 aliphatic carbocycles. The third-order valence-corrected chi connectivity index (χ3v) is 5.68. The molecule has 0 fully saturated rings. The van der Waals surface area contributed by atoms with Gasteiger partial charge in [-0.25, -0.2) is 0 Å². The van der Waals surface area contributed by atoms with Crippen LogP contribution in [0.5, 0.6) is 0 Å². The monoisotopic (exact) mass is 278 g/mol. The van der Waals surface area contributed by atoms with Crippen molar-refractivity contribution in [3.05, 3.63) is 47.8 Å². The Morgan fingerprint density at radius 1 is 0.938 bits per heavy atom. The molecule has 0 N–H and O–H groups in total. The fourth-order valence-corrected chi connectivity index (χ4v) is 5.02. The summed E-state index contributed by atoms with van der Waals surface area (Å²) in [6.07, 6.45) is 0. The van der Waals surface area contributed by atoms with Gasteiger partial charge >= 0.3 is 98.7 Å². The third-order valence-electron chi connectivity index (χ3n) is 2.60. The first-order valence-electron chi connectivity index (χ1n) is 5.62. The average molecular weight is 277 g/mol. The average Bonchev–Trinajstić information content (AvgIpc) is 2.14. The summed E-state index contributed by atoms with van der Waals surface area (Å²) < 4.78 is 13.1. The van der Waals surface area contributed by atoms with Crippen LogP contribution in [0, 0.1) is 5.82 Å². The van der Waals surface area contributed by atoms with E-state index in [4.69, 9.17) is 0 Å². The van der Waals surface area contributed by atoms with Crippen molar-refractivity contribution in [1.29, 1.82) is 0 Å². The van der Waals surface area contributed by atoms with Crippen molar-refractivity contribution in [3.63, 3.8) is 0 Å². The van der Waals surface area contributed by atoms with Gasteiger partial charge in [-0.3, -0.25) is 0 Å². The fourth-order valence-electron chi connectivity index (χ4n) is 1.99. The van der Waals surface area contributed by atoms with Crippen LogP contribution in [0.2, 0.25) is 17.3 Å². The van der Waals surface area contributed by atoms with Gasteiger partial charge < -0.3 is 0 Å². The van der Waals surface area contributed by atoms with Gasteiger partial charge in [-0.2, -0.15) is 0 Å². The Morgan fingerprint density at radius 2 is 1.62 bits per heavy atom. The molecule has 2 aromatic carbocycles. The van der Waals surface area contributed by atoms with Crippen LogP contribution in [-0.4, -0.2) is 13.3 Å². The van der Waals surface area contributed by atoms with E-state index in [0.717, 1.165) is 10.8 Å². The van der Waals surface area contributed by atoms with Crippen molar-refractivity contribution in [2.24, 2.45) is 0 Å². The SMILES string of the molecule is [CH3][Ge]([CH3])([CH3])[CH2]c1ccc2ccc(F)cc2c1. The van der Waals surface area contributed by atoms with E-state index in [1.165, 1.54) is 16.9 Å². The number of rotatable bonds is 2. The molecular weight excluding hydrogens is 260 g/mol. The standard InChI is InChI=1S/C14H17FGe/c1-16(2,3)10-11-4-5-12-6-7-14(15)9-13(12)8-11/h4-9H,10H2,1-3H3. The molecule has 84 valence electrons. The van der Waals surface area contributed by atoms with Gasteiger partial charge in [-0.15, -0.1) is 0 Å². The van der Waals surface area contributed by atoms with E-state index in [-0.39, 0.29) is 5.82 Å². The zero-order valence-electron chi connectivity index (χ0n) is 10.0. The molecule has 0 nitrogen and oxygen atoms in total. The van der Waals surface area contributed by atoms with E-state index in [1.807, 2.05) is 6.07 Å². The molecule has 0 heterocycles. The van der Waals surface area contributed by atoms with Gasteiger partial charge in [0.1, 0.15) is 0 Å². The van der Waals surface area contributed by atoms with E-state index in [0.29, 0.717) is 0 Å². The normalized spacial score (nSPS) is 12.0. The molecule has 0 saturated carbocycles. The number of hydrogen-bond acceptors (Lipinski definition) is 0. The molecule has 0 unspecified atom stereocenters. The fraction of sp³-hybridized carbons (Fsp3) is 0.286. The van der Waals surface area contributed by atoms with Crippen LogP contribution in [0.4, 0.5) is 4.39 Å². The summed E-state index contributed by atoms with van der Waals surface area (Å²) in [5.41, 5.74) is 1.35. The molecule has 0 saturated heterocycles. The second kappa shape index (κ2) is 4.21. The van der Waals surface area contributed by atoms with Crippen LogP contribution in [0.25, 0.3) is 10.8 Å². The molecular formula is C14H17FGe. The topological polar surface area (TPSA) is 0 Å². The summed E-state index contributed by atoms with van der Waals surface area (Å²) in [4.78, 5) is 0. The molecule has 0 spiro atoms. The van der Waals surface area contributed by atoms with Crippen molar-refractivity contribution >= 4 is 24.0 Å². The molecule has 0 aromatic heterocycles. The van der Waals surface area contributed by atoms with Gasteiger partial charge in [0.25, 0.3) is 0 Å². The van der Waals surface area contributed by atoms with Crippen LogP contribution < -0.4 is 0 Å². The molecule has 0 bridgehead atoms. The van der Waals surface area contributed by atoms with Crippen LogP contribution >= 0.6 is 0 Å². The zero-order valence-corrected chi connectivity index (χ0v) is 12.1. The summed E-state index contributed by atoms with van der Waals surface area (Å²) >= 11 is -1.57. The Balaban J connectivity index is 2.43. The van der Waals surface area contributed by atoms with E-state index >= 15 is 0 Å². The first-order chi connectivity index (χ1) is 7.44. The van der Waals surface area contributed by atoms with E-state index in [1.54, 1.807) is 6.07 Å². The minimum absolute atomic E-state index is 0.151. The Bertz CT molecular complexity index is 512. The molecule has 0 aliphatic heterocycles. The minimum atomic E-state index is -1.57. The van der Waals surface area contributed by atoms with Gasteiger partial charge in [0.15, 0.2) is 0 Å². The maximum absolute atomic E-state index is 13.1. The van der Waals surface area contributed by atoms with Gasteiger partial charge in [0, 0.05) is 0 Å². The van der Waals surface area contributed by atoms with Crippen molar-refractivity contribution in [2.45, 2.75) is 22.5 Å². The molecule has 2 heteroatoms. The third kappa shape index (κ3) is 2.85. The number of fused-ring (bicyclic) bond motifs is 1. The number of benzene rings is 2. The van der Waals surface area contributed by atoms with E-state index in [9.17, 15) is 4.39 Å². The molecule has 16 heavy (non-hydrogen) atoms. The van der Waals surface area contributed by atoms with Crippen molar-refractivity contribution < 1.29 is 4.39 Å². The zero-order chi connectivity index (χ0) is 11.8. The molecule has 0 radical (unpaired) electrons. The Hall–Kier alpha value is -0.827. The van der Waals surface area contributed by atoms with Crippen LogP contribution in [0.1, 0.15) is 5.56 Å². The van der Waals surface area contributed by atoms with Crippen LogP contribution in [0.3, 0.4) is 0 Å². The molecule has 2 aromatic rings. The predicted molar refractivity (Wildman–Crippen MR) is 71.0 cm³/mol. The Morgan fingerprint density at radius 3 is 2.31 bits per heavy atom. The van der Waals surface area contributed by atoms with Crippen molar-refractivity contribution in [3.8, 4) is 0 Å². The van der Waals surface area contributed by atoms with Crippen LogP contribution in [0.15, 0.2) is 36.4 Å². The van der Waals surface area contributed by atoms with Gasteiger partial charge in [0.2, 0.25) is 0 Å². The van der Waals surface area contributed by atoms with Crippen molar-refractivity contribution in [2.75, 3.05) is 0 Å². The molecule has 0 aliphatic rings.